The van der Waals surface area contributed by atoms with Crippen LogP contribution in [0.1, 0.15) is 69.7 Å². The number of allylic oxidation sites excluding steroid dienone is 25. The summed E-state index contributed by atoms with van der Waals surface area (Å²) in [5, 5.41) is 3.67. The first kappa shape index (κ1) is 38.3. The molecule has 49 heavy (non-hydrogen) atoms. The number of nitrogens with one attached hydrogen (secondary N) is 1. The van der Waals surface area contributed by atoms with Gasteiger partial charge in [0, 0.05) is 11.4 Å². The maximum absolute atomic E-state index is 3.78. The van der Waals surface area contributed by atoms with E-state index in [0.717, 1.165) is 30.6 Å². The van der Waals surface area contributed by atoms with Crippen molar-refractivity contribution in [1.29, 1.82) is 0 Å². The summed E-state index contributed by atoms with van der Waals surface area (Å²) in [5.41, 5.74) is 12.5. The molecule has 1 N–H and O–H groups in total. The van der Waals surface area contributed by atoms with Crippen LogP contribution in [0.2, 0.25) is 0 Å². The smallest absolute Gasteiger partial charge is 0.0417 e. The van der Waals surface area contributed by atoms with E-state index in [1.165, 1.54) is 44.5 Å². The predicted octanol–water partition coefficient (Wildman–Crippen LogP) is 13.7. The molecule has 0 fully saturated rings. The molecule has 2 aromatic carbocycles. The SMILES string of the molecule is C=C/C=C\C=C/Cc1cc(C2=CC(/C=C\C(C)=C(/C)c3ccccc3C)CC=C2)ccc1N/C(C)=C/C=C/C(=C/C=C\C)C/C=C\C=C/C. The van der Waals surface area contributed by atoms with E-state index in [4.69, 9.17) is 0 Å². The molecule has 0 spiro atoms. The first-order chi connectivity index (χ1) is 23.9. The Kier molecular flexibility index (Phi) is 16.9. The van der Waals surface area contributed by atoms with Gasteiger partial charge in [0.15, 0.2) is 0 Å². The van der Waals surface area contributed by atoms with Gasteiger partial charge < -0.3 is 5.32 Å². The molecule has 0 saturated carbocycles. The van der Waals surface area contributed by atoms with Crippen LogP contribution in [0, 0.1) is 12.8 Å². The lowest BCUT2D eigenvalue weighted by Crippen LogP contribution is -2.02. The third-order valence-electron chi connectivity index (χ3n) is 8.39. The summed E-state index contributed by atoms with van der Waals surface area (Å²) in [7, 11) is 0. The number of anilines is 1. The Balaban J connectivity index is 1.84. The van der Waals surface area contributed by atoms with E-state index >= 15 is 0 Å². The highest BCUT2D eigenvalue weighted by molar-refractivity contribution is 5.78. The molecule has 1 atom stereocenters. The summed E-state index contributed by atoms with van der Waals surface area (Å²) in [6.07, 6.45) is 45.5. The summed E-state index contributed by atoms with van der Waals surface area (Å²) >= 11 is 0. The van der Waals surface area contributed by atoms with Crippen molar-refractivity contribution in [2.24, 2.45) is 5.92 Å². The fourth-order valence-electron chi connectivity index (χ4n) is 5.49. The average Bonchev–Trinajstić information content (AvgIpc) is 3.11. The van der Waals surface area contributed by atoms with Crippen LogP contribution in [-0.2, 0) is 6.42 Å². The van der Waals surface area contributed by atoms with Crippen molar-refractivity contribution >= 4 is 16.8 Å². The van der Waals surface area contributed by atoms with Crippen molar-refractivity contribution in [3.8, 4) is 0 Å². The average molecular weight is 646 g/mol. The summed E-state index contributed by atoms with van der Waals surface area (Å²) < 4.78 is 0. The monoisotopic (exact) mass is 645 g/mol. The van der Waals surface area contributed by atoms with Crippen LogP contribution in [-0.4, -0.2) is 0 Å². The quantitative estimate of drug-likeness (QED) is 0.179. The van der Waals surface area contributed by atoms with Crippen molar-refractivity contribution in [2.45, 2.75) is 60.8 Å². The molecule has 1 nitrogen and oxygen atoms in total. The Morgan fingerprint density at radius 2 is 1.65 bits per heavy atom. The van der Waals surface area contributed by atoms with E-state index in [-0.39, 0.29) is 0 Å². The Labute approximate surface area is 297 Å². The third-order valence-corrected chi connectivity index (χ3v) is 8.39. The Morgan fingerprint density at radius 1 is 0.857 bits per heavy atom. The van der Waals surface area contributed by atoms with E-state index in [9.17, 15) is 0 Å². The van der Waals surface area contributed by atoms with Crippen molar-refractivity contribution in [3.63, 3.8) is 0 Å². The van der Waals surface area contributed by atoms with Crippen LogP contribution < -0.4 is 5.32 Å². The van der Waals surface area contributed by atoms with Gasteiger partial charge in [-0.2, -0.15) is 0 Å². The molecule has 0 amide bonds. The van der Waals surface area contributed by atoms with Gasteiger partial charge in [-0.05, 0) is 129 Å². The number of hydrogen-bond acceptors (Lipinski definition) is 1. The van der Waals surface area contributed by atoms with E-state index in [1.54, 1.807) is 6.08 Å². The largest absolute Gasteiger partial charge is 0.359 e. The van der Waals surface area contributed by atoms with Crippen molar-refractivity contribution in [3.05, 3.63) is 210 Å². The second-order valence-corrected chi connectivity index (χ2v) is 12.3. The zero-order valence-electron chi connectivity index (χ0n) is 30.5. The van der Waals surface area contributed by atoms with Crippen molar-refractivity contribution in [2.75, 3.05) is 5.32 Å². The van der Waals surface area contributed by atoms with Crippen LogP contribution in [0.25, 0.3) is 11.1 Å². The minimum Gasteiger partial charge on any atom is -0.359 e. The lowest BCUT2D eigenvalue weighted by atomic mass is 9.90. The van der Waals surface area contributed by atoms with E-state index in [2.05, 4.69) is 179 Å². The van der Waals surface area contributed by atoms with Gasteiger partial charge in [-0.25, -0.2) is 0 Å². The van der Waals surface area contributed by atoms with Crippen LogP contribution in [0.3, 0.4) is 0 Å². The second kappa shape index (κ2) is 21.7. The lowest BCUT2D eigenvalue weighted by Gasteiger charge is -2.17. The van der Waals surface area contributed by atoms with Gasteiger partial charge in [0.25, 0.3) is 0 Å². The van der Waals surface area contributed by atoms with Crippen molar-refractivity contribution in [1.82, 2.24) is 0 Å². The molecule has 3 rings (SSSR count). The van der Waals surface area contributed by atoms with Gasteiger partial charge in [0.05, 0.1) is 0 Å². The van der Waals surface area contributed by atoms with Gasteiger partial charge in [-0.1, -0.05) is 152 Å². The van der Waals surface area contributed by atoms with E-state index < -0.39 is 0 Å². The molecule has 0 aromatic heterocycles. The molecule has 2 aromatic rings. The summed E-state index contributed by atoms with van der Waals surface area (Å²) in [6.45, 7) is 16.6. The highest BCUT2D eigenvalue weighted by atomic mass is 14.9. The normalized spacial score (nSPS) is 16.8. The lowest BCUT2D eigenvalue weighted by molar-refractivity contribution is 0.824. The molecule has 0 saturated heterocycles. The highest BCUT2D eigenvalue weighted by Gasteiger charge is 2.11. The van der Waals surface area contributed by atoms with Gasteiger partial charge >= 0.3 is 0 Å². The zero-order valence-corrected chi connectivity index (χ0v) is 30.5. The highest BCUT2D eigenvalue weighted by Crippen LogP contribution is 2.30. The number of aryl methyl sites for hydroxylation is 1. The summed E-state index contributed by atoms with van der Waals surface area (Å²) in [4.78, 5) is 0. The number of hydrogen-bond donors (Lipinski definition) is 1. The molecule has 1 unspecified atom stereocenters. The second-order valence-electron chi connectivity index (χ2n) is 12.3. The van der Waals surface area contributed by atoms with Crippen LogP contribution in [0.5, 0.6) is 0 Å². The third kappa shape index (κ3) is 13.5. The number of rotatable bonds is 16. The standard InChI is InChI=1S/C48H55N/c1-8-11-14-16-18-29-46-37-45(34-35-48(46)49-40(6)24-21-27-42(25-13-10-3)26-17-15-12-9-2)44-30-22-28-43(36-44)33-32-38(4)41(7)47-31-20-19-23-39(47)5/h8-25,27,30-37,43,49H,1,26,28-29H2,2-7H3/b12-9-,13-10-,14-11-,17-15-,18-16-,27-21+,33-32-,40-24+,41-38+,42-25+. The predicted molar refractivity (Wildman–Crippen MR) is 220 cm³/mol. The molecular formula is C48H55N. The zero-order chi connectivity index (χ0) is 35.3. The van der Waals surface area contributed by atoms with Gasteiger partial charge in [-0.15, -0.1) is 0 Å². The molecule has 1 aliphatic rings. The minimum absolute atomic E-state index is 0.354. The molecular weight excluding hydrogens is 591 g/mol. The minimum atomic E-state index is 0.354. The Morgan fingerprint density at radius 3 is 2.43 bits per heavy atom. The first-order valence-corrected chi connectivity index (χ1v) is 17.5. The fourth-order valence-corrected chi connectivity index (χ4v) is 5.49. The van der Waals surface area contributed by atoms with Crippen LogP contribution >= 0.6 is 0 Å². The van der Waals surface area contributed by atoms with Crippen LogP contribution in [0.4, 0.5) is 5.69 Å². The van der Waals surface area contributed by atoms with Gasteiger partial charge in [0.1, 0.15) is 0 Å². The summed E-state index contributed by atoms with van der Waals surface area (Å²) in [5.74, 6) is 0.354. The molecule has 0 aliphatic heterocycles. The molecule has 0 radical (unpaired) electrons. The van der Waals surface area contributed by atoms with E-state index in [0.29, 0.717) is 5.92 Å². The topological polar surface area (TPSA) is 12.0 Å². The maximum atomic E-state index is 3.78. The summed E-state index contributed by atoms with van der Waals surface area (Å²) in [6, 6.07) is 15.4. The Bertz CT molecular complexity index is 1760. The molecule has 0 heterocycles. The fraction of sp³-hybridized carbons (Fsp3) is 0.208. The molecule has 0 bridgehead atoms. The first-order valence-electron chi connectivity index (χ1n) is 17.5. The number of benzene rings is 2. The molecule has 1 heteroatoms. The van der Waals surface area contributed by atoms with Crippen LogP contribution in [0.15, 0.2) is 187 Å². The van der Waals surface area contributed by atoms with Gasteiger partial charge in [0.2, 0.25) is 0 Å². The molecule has 1 aliphatic carbocycles. The molecule has 252 valence electrons. The van der Waals surface area contributed by atoms with Crippen molar-refractivity contribution < 1.29 is 0 Å². The maximum Gasteiger partial charge on any atom is 0.0417 e. The Hall–Kier alpha value is -5.14. The van der Waals surface area contributed by atoms with Gasteiger partial charge in [-0.3, -0.25) is 0 Å². The van der Waals surface area contributed by atoms with E-state index in [1.807, 2.05) is 32.1 Å².